The number of hydrogen-bond acceptors (Lipinski definition) is 1. The average molecular weight is 286 g/mol. The predicted molar refractivity (Wildman–Crippen MR) is 92.2 cm³/mol. The summed E-state index contributed by atoms with van der Waals surface area (Å²) in [5.41, 5.74) is 5.65. The van der Waals surface area contributed by atoms with Gasteiger partial charge in [0.15, 0.2) is 0 Å². The first-order valence-electron chi connectivity index (χ1n) is 8.17. The lowest BCUT2D eigenvalue weighted by molar-refractivity contribution is 0.306. The highest BCUT2D eigenvalue weighted by Crippen LogP contribution is 2.48. The Morgan fingerprint density at radius 2 is 1.62 bits per heavy atom. The molecule has 0 radical (unpaired) electrons. The van der Waals surface area contributed by atoms with Gasteiger partial charge in [0, 0.05) is 5.56 Å². The minimum absolute atomic E-state index is 0.225. The van der Waals surface area contributed by atoms with E-state index in [4.69, 9.17) is 4.74 Å². The number of rotatable bonds is 4. The molecule has 0 atom stereocenters. The Kier molecular flexibility index (Phi) is 4.24. The van der Waals surface area contributed by atoms with E-state index in [0.717, 1.165) is 24.4 Å². The Hall–Kier alpha value is -1.24. The van der Waals surface area contributed by atoms with Crippen molar-refractivity contribution in [2.75, 3.05) is 6.61 Å². The molecule has 0 spiro atoms. The Morgan fingerprint density at radius 1 is 1.10 bits per heavy atom. The van der Waals surface area contributed by atoms with Crippen molar-refractivity contribution in [3.63, 3.8) is 0 Å². The van der Waals surface area contributed by atoms with E-state index < -0.39 is 0 Å². The van der Waals surface area contributed by atoms with Crippen LogP contribution in [0.25, 0.3) is 5.57 Å². The molecular formula is C20H30O. The fraction of sp³-hybridized carbons (Fsp3) is 0.600. The second kappa shape index (κ2) is 5.51. The third-order valence-electron chi connectivity index (χ3n) is 4.87. The predicted octanol–water partition coefficient (Wildman–Crippen LogP) is 5.86. The summed E-state index contributed by atoms with van der Waals surface area (Å²) in [7, 11) is 0. The van der Waals surface area contributed by atoms with Crippen LogP contribution in [0.3, 0.4) is 0 Å². The van der Waals surface area contributed by atoms with Gasteiger partial charge in [-0.1, -0.05) is 41.2 Å². The van der Waals surface area contributed by atoms with Crippen LogP contribution in [0.4, 0.5) is 0 Å². The lowest BCUT2D eigenvalue weighted by Gasteiger charge is -2.42. The van der Waals surface area contributed by atoms with Gasteiger partial charge in [-0.25, -0.2) is 0 Å². The molecule has 0 fully saturated rings. The molecule has 1 aliphatic carbocycles. The Labute approximate surface area is 130 Å². The molecule has 116 valence electrons. The molecular weight excluding hydrogens is 256 g/mol. The molecule has 1 heteroatoms. The van der Waals surface area contributed by atoms with Crippen LogP contribution < -0.4 is 4.74 Å². The minimum Gasteiger partial charge on any atom is -0.493 e. The first-order valence-corrected chi connectivity index (χ1v) is 8.17. The van der Waals surface area contributed by atoms with Gasteiger partial charge < -0.3 is 4.74 Å². The lowest BCUT2D eigenvalue weighted by atomic mass is 9.62. The largest absolute Gasteiger partial charge is 0.493 e. The van der Waals surface area contributed by atoms with Gasteiger partial charge in [0.05, 0.1) is 6.61 Å². The summed E-state index contributed by atoms with van der Waals surface area (Å²) in [5.74, 6) is 1.01. The van der Waals surface area contributed by atoms with Crippen LogP contribution in [0.2, 0.25) is 0 Å². The first-order chi connectivity index (χ1) is 9.69. The maximum atomic E-state index is 6.01. The fourth-order valence-electron chi connectivity index (χ4n) is 3.26. The van der Waals surface area contributed by atoms with Crippen LogP contribution in [0.1, 0.15) is 77.5 Å². The van der Waals surface area contributed by atoms with Crippen LogP contribution >= 0.6 is 0 Å². The number of ether oxygens (including phenoxy) is 1. The monoisotopic (exact) mass is 286 g/mol. The molecule has 0 aliphatic heterocycles. The van der Waals surface area contributed by atoms with Gasteiger partial charge in [0.2, 0.25) is 0 Å². The number of allylic oxidation sites excluding steroid dienone is 1. The zero-order valence-electron chi connectivity index (χ0n) is 14.6. The van der Waals surface area contributed by atoms with Gasteiger partial charge in [-0.2, -0.15) is 0 Å². The van der Waals surface area contributed by atoms with Crippen molar-refractivity contribution in [2.45, 2.75) is 71.6 Å². The zero-order chi connectivity index (χ0) is 15.8. The van der Waals surface area contributed by atoms with Crippen LogP contribution in [-0.4, -0.2) is 6.61 Å². The molecule has 21 heavy (non-hydrogen) atoms. The Morgan fingerprint density at radius 3 is 2.10 bits per heavy atom. The van der Waals surface area contributed by atoms with Gasteiger partial charge in [0.25, 0.3) is 0 Å². The van der Waals surface area contributed by atoms with Crippen LogP contribution in [0.15, 0.2) is 18.7 Å². The van der Waals surface area contributed by atoms with Gasteiger partial charge in [-0.05, 0) is 65.8 Å². The van der Waals surface area contributed by atoms with Gasteiger partial charge in [-0.3, -0.25) is 0 Å². The van der Waals surface area contributed by atoms with Crippen LogP contribution in [0, 0.1) is 0 Å². The molecule has 0 saturated carbocycles. The molecule has 1 aliphatic rings. The van der Waals surface area contributed by atoms with Crippen molar-refractivity contribution >= 4 is 5.57 Å². The Balaban J connectivity index is 2.63. The third-order valence-corrected chi connectivity index (χ3v) is 4.87. The molecule has 1 nitrogen and oxygen atoms in total. The van der Waals surface area contributed by atoms with Crippen LogP contribution in [-0.2, 0) is 10.8 Å². The molecule has 0 saturated heterocycles. The van der Waals surface area contributed by atoms with Crippen LogP contribution in [0.5, 0.6) is 5.75 Å². The van der Waals surface area contributed by atoms with Crippen molar-refractivity contribution in [1.29, 1.82) is 0 Å². The van der Waals surface area contributed by atoms with E-state index in [0.29, 0.717) is 0 Å². The average Bonchev–Trinajstić information content (AvgIpc) is 2.41. The van der Waals surface area contributed by atoms with Gasteiger partial charge in [-0.15, -0.1) is 0 Å². The van der Waals surface area contributed by atoms with Crippen molar-refractivity contribution in [2.24, 2.45) is 0 Å². The van der Waals surface area contributed by atoms with E-state index in [1.807, 2.05) is 0 Å². The molecule has 0 N–H and O–H groups in total. The van der Waals surface area contributed by atoms with E-state index in [2.05, 4.69) is 60.3 Å². The highest BCUT2D eigenvalue weighted by atomic mass is 16.5. The maximum absolute atomic E-state index is 6.01. The third kappa shape index (κ3) is 3.02. The number of fused-ring (bicyclic) bond motifs is 1. The van der Waals surface area contributed by atoms with Gasteiger partial charge in [0.1, 0.15) is 5.75 Å². The molecule has 1 aromatic carbocycles. The molecule has 2 rings (SSSR count). The van der Waals surface area contributed by atoms with Gasteiger partial charge >= 0.3 is 0 Å². The summed E-state index contributed by atoms with van der Waals surface area (Å²) in [6, 6.07) is 4.62. The highest BCUT2D eigenvalue weighted by Gasteiger charge is 2.37. The van der Waals surface area contributed by atoms with Crippen molar-refractivity contribution in [3.05, 3.63) is 35.4 Å². The quantitative estimate of drug-likeness (QED) is 0.674. The van der Waals surface area contributed by atoms with E-state index in [-0.39, 0.29) is 10.8 Å². The SMILES string of the molecule is C=C(C)c1cc2c(cc1OCCC)C(C)(C)CCC2(C)C. The van der Waals surface area contributed by atoms with Crippen molar-refractivity contribution < 1.29 is 4.74 Å². The molecule has 1 aromatic rings. The number of hydrogen-bond donors (Lipinski definition) is 0. The van der Waals surface area contributed by atoms with E-state index in [9.17, 15) is 0 Å². The second-order valence-electron chi connectivity index (χ2n) is 7.79. The summed E-state index contributed by atoms with van der Waals surface area (Å²) in [5, 5.41) is 0. The normalized spacial score (nSPS) is 19.0. The van der Waals surface area contributed by atoms with Crippen molar-refractivity contribution in [1.82, 2.24) is 0 Å². The van der Waals surface area contributed by atoms with Crippen molar-refractivity contribution in [3.8, 4) is 5.75 Å². The zero-order valence-corrected chi connectivity index (χ0v) is 14.6. The summed E-state index contributed by atoms with van der Waals surface area (Å²) < 4.78 is 6.01. The fourth-order valence-corrected chi connectivity index (χ4v) is 3.26. The lowest BCUT2D eigenvalue weighted by Crippen LogP contribution is -2.34. The van der Waals surface area contributed by atoms with E-state index >= 15 is 0 Å². The molecule has 0 amide bonds. The minimum atomic E-state index is 0.225. The summed E-state index contributed by atoms with van der Waals surface area (Å²) in [4.78, 5) is 0. The topological polar surface area (TPSA) is 9.23 Å². The Bertz CT molecular complexity index is 549. The molecule has 0 bridgehead atoms. The maximum Gasteiger partial charge on any atom is 0.127 e. The molecule has 0 aromatic heterocycles. The second-order valence-corrected chi connectivity index (χ2v) is 7.79. The standard InChI is InChI=1S/C20H30O/c1-8-11-21-18-13-17-16(12-15(18)14(2)3)19(4,5)9-10-20(17,6)7/h12-13H,2,8-11H2,1,3-7H3. The molecule has 0 unspecified atom stereocenters. The summed E-state index contributed by atoms with van der Waals surface area (Å²) in [6.45, 7) is 18.5. The number of benzene rings is 1. The highest BCUT2D eigenvalue weighted by molar-refractivity contribution is 5.70. The van der Waals surface area contributed by atoms with E-state index in [1.54, 1.807) is 0 Å². The van der Waals surface area contributed by atoms with E-state index in [1.165, 1.54) is 29.5 Å². The smallest absolute Gasteiger partial charge is 0.127 e. The molecule has 0 heterocycles. The summed E-state index contributed by atoms with van der Waals surface area (Å²) >= 11 is 0. The first kappa shape index (κ1) is 16.1. The summed E-state index contributed by atoms with van der Waals surface area (Å²) in [6.07, 6.45) is 3.49.